The lowest BCUT2D eigenvalue weighted by atomic mass is 10.0. The summed E-state index contributed by atoms with van der Waals surface area (Å²) < 4.78 is 10.6. The molecule has 1 aliphatic rings. The number of carbonyl (C=O) groups is 1. The van der Waals surface area contributed by atoms with Gasteiger partial charge in [-0.1, -0.05) is 17.7 Å². The van der Waals surface area contributed by atoms with Gasteiger partial charge in [-0.25, -0.2) is 0 Å². The molecule has 0 saturated carbocycles. The van der Waals surface area contributed by atoms with Gasteiger partial charge in [-0.2, -0.15) is 0 Å². The van der Waals surface area contributed by atoms with E-state index in [0.717, 1.165) is 5.39 Å². The SMILES string of the molecule is CC(=O)/C=C/c1c(-c2cc3c(cc2[N+](=O)[O-])OCO3)[nH]c2cc(Cl)ccc12. The number of fused-ring (bicyclic) bond motifs is 2. The molecule has 0 unspecified atom stereocenters. The summed E-state index contributed by atoms with van der Waals surface area (Å²) in [5, 5.41) is 13.0. The van der Waals surface area contributed by atoms with Gasteiger partial charge in [0.15, 0.2) is 17.3 Å². The standard InChI is InChI=1S/C19H13ClN2O5/c1-10(23)2-4-13-12-5-3-11(20)6-15(12)21-19(13)14-7-17-18(27-9-26-17)8-16(14)22(24)25/h2-8,21H,9H2,1H3/b4-2+. The second-order valence-corrected chi connectivity index (χ2v) is 6.46. The molecule has 0 amide bonds. The van der Waals surface area contributed by atoms with Crippen molar-refractivity contribution < 1.29 is 19.2 Å². The lowest BCUT2D eigenvalue weighted by Crippen LogP contribution is -1.94. The first-order chi connectivity index (χ1) is 12.9. The molecule has 0 bridgehead atoms. The largest absolute Gasteiger partial charge is 0.454 e. The lowest BCUT2D eigenvalue weighted by Gasteiger charge is -2.05. The molecule has 4 rings (SSSR count). The molecule has 1 N–H and O–H groups in total. The third kappa shape index (κ3) is 3.02. The Morgan fingerprint density at radius 2 is 2.00 bits per heavy atom. The molecule has 1 aliphatic heterocycles. The first-order valence-electron chi connectivity index (χ1n) is 8.02. The number of aromatic nitrogens is 1. The fourth-order valence-electron chi connectivity index (χ4n) is 3.06. The average molecular weight is 385 g/mol. The Kier molecular flexibility index (Phi) is 4.08. The van der Waals surface area contributed by atoms with Gasteiger partial charge in [-0.3, -0.25) is 14.9 Å². The molecule has 0 spiro atoms. The molecule has 0 fully saturated rings. The first kappa shape index (κ1) is 17.1. The van der Waals surface area contributed by atoms with Crippen LogP contribution in [0.4, 0.5) is 5.69 Å². The van der Waals surface area contributed by atoms with Crippen molar-refractivity contribution in [2.75, 3.05) is 6.79 Å². The van der Waals surface area contributed by atoms with Crippen LogP contribution in [0.25, 0.3) is 28.2 Å². The number of ether oxygens (including phenoxy) is 2. The summed E-state index contributed by atoms with van der Waals surface area (Å²) in [6.07, 6.45) is 3.05. The Hall–Kier alpha value is -3.32. The number of H-pyrrole nitrogens is 1. The number of halogens is 1. The summed E-state index contributed by atoms with van der Waals surface area (Å²) in [7, 11) is 0. The average Bonchev–Trinajstić information content (AvgIpc) is 3.21. The van der Waals surface area contributed by atoms with E-state index >= 15 is 0 Å². The minimum Gasteiger partial charge on any atom is -0.454 e. The minimum atomic E-state index is -0.478. The Labute approximate surface area is 158 Å². The Morgan fingerprint density at radius 1 is 1.26 bits per heavy atom. The summed E-state index contributed by atoms with van der Waals surface area (Å²) in [6, 6.07) is 8.16. The van der Waals surface area contributed by atoms with Gasteiger partial charge in [-0.05, 0) is 31.2 Å². The molecule has 8 heteroatoms. The lowest BCUT2D eigenvalue weighted by molar-refractivity contribution is -0.384. The van der Waals surface area contributed by atoms with Crippen LogP contribution >= 0.6 is 11.6 Å². The topological polar surface area (TPSA) is 94.5 Å². The first-order valence-corrected chi connectivity index (χ1v) is 8.40. The fourth-order valence-corrected chi connectivity index (χ4v) is 3.23. The van der Waals surface area contributed by atoms with Crippen LogP contribution in [0.3, 0.4) is 0 Å². The van der Waals surface area contributed by atoms with Crippen molar-refractivity contribution in [3.63, 3.8) is 0 Å². The van der Waals surface area contributed by atoms with Gasteiger partial charge in [0.1, 0.15) is 0 Å². The number of allylic oxidation sites excluding steroid dienone is 1. The van der Waals surface area contributed by atoms with Crippen molar-refractivity contribution in [2.45, 2.75) is 6.92 Å². The monoisotopic (exact) mass is 384 g/mol. The van der Waals surface area contributed by atoms with Crippen LogP contribution in [0.1, 0.15) is 12.5 Å². The molecule has 0 saturated heterocycles. The highest BCUT2D eigenvalue weighted by Crippen LogP contribution is 2.44. The van der Waals surface area contributed by atoms with E-state index in [0.29, 0.717) is 38.9 Å². The third-order valence-electron chi connectivity index (χ3n) is 4.24. The van der Waals surface area contributed by atoms with Crippen molar-refractivity contribution in [1.29, 1.82) is 0 Å². The fraction of sp³-hybridized carbons (Fsp3) is 0.105. The van der Waals surface area contributed by atoms with Crippen molar-refractivity contribution >= 4 is 40.1 Å². The highest BCUT2D eigenvalue weighted by Gasteiger charge is 2.26. The molecule has 0 aliphatic carbocycles. The zero-order chi connectivity index (χ0) is 19.1. The van der Waals surface area contributed by atoms with E-state index in [2.05, 4.69) is 4.98 Å². The maximum atomic E-state index is 11.6. The van der Waals surface area contributed by atoms with E-state index in [9.17, 15) is 14.9 Å². The van der Waals surface area contributed by atoms with Crippen LogP contribution in [-0.2, 0) is 4.79 Å². The minimum absolute atomic E-state index is 0.00927. The summed E-state index contributed by atoms with van der Waals surface area (Å²) in [5.74, 6) is 0.615. The number of hydrogen-bond acceptors (Lipinski definition) is 5. The van der Waals surface area contributed by atoms with Crippen LogP contribution < -0.4 is 9.47 Å². The Bertz CT molecular complexity index is 1130. The predicted molar refractivity (Wildman–Crippen MR) is 101 cm³/mol. The molecule has 2 heterocycles. The van der Waals surface area contributed by atoms with E-state index in [4.69, 9.17) is 21.1 Å². The molecular formula is C19H13ClN2O5. The molecule has 27 heavy (non-hydrogen) atoms. The normalized spacial score (nSPS) is 12.8. The molecule has 1 aromatic heterocycles. The summed E-state index contributed by atoms with van der Waals surface area (Å²) in [4.78, 5) is 25.8. The molecule has 2 aromatic carbocycles. The maximum Gasteiger partial charge on any atom is 0.282 e. The van der Waals surface area contributed by atoms with E-state index in [-0.39, 0.29) is 18.3 Å². The van der Waals surface area contributed by atoms with Gasteiger partial charge in [0.05, 0.1) is 22.2 Å². The van der Waals surface area contributed by atoms with Crippen LogP contribution in [0, 0.1) is 10.1 Å². The van der Waals surface area contributed by atoms with E-state index in [1.165, 1.54) is 19.1 Å². The number of nitrogens with zero attached hydrogens (tertiary/aromatic N) is 1. The Balaban J connectivity index is 2.02. The maximum absolute atomic E-state index is 11.6. The Morgan fingerprint density at radius 3 is 2.70 bits per heavy atom. The van der Waals surface area contributed by atoms with Crippen molar-refractivity contribution in [3.05, 3.63) is 57.1 Å². The number of benzene rings is 2. The smallest absolute Gasteiger partial charge is 0.282 e. The van der Waals surface area contributed by atoms with E-state index < -0.39 is 4.92 Å². The number of carbonyl (C=O) groups excluding carboxylic acids is 1. The van der Waals surface area contributed by atoms with Gasteiger partial charge in [0, 0.05) is 27.6 Å². The van der Waals surface area contributed by atoms with Crippen LogP contribution in [0.5, 0.6) is 11.5 Å². The molecule has 0 radical (unpaired) electrons. The zero-order valence-electron chi connectivity index (χ0n) is 14.1. The highest BCUT2D eigenvalue weighted by molar-refractivity contribution is 6.31. The third-order valence-corrected chi connectivity index (χ3v) is 4.48. The van der Waals surface area contributed by atoms with Crippen molar-refractivity contribution in [2.24, 2.45) is 0 Å². The number of nitrogens with one attached hydrogen (secondary N) is 1. The highest BCUT2D eigenvalue weighted by atomic mass is 35.5. The molecule has 0 atom stereocenters. The van der Waals surface area contributed by atoms with Crippen molar-refractivity contribution in [1.82, 2.24) is 4.98 Å². The number of nitro benzene ring substituents is 1. The molecule has 136 valence electrons. The van der Waals surface area contributed by atoms with Gasteiger partial charge < -0.3 is 14.5 Å². The number of ketones is 1. The van der Waals surface area contributed by atoms with Gasteiger partial charge in [-0.15, -0.1) is 0 Å². The van der Waals surface area contributed by atoms with E-state index in [1.807, 2.05) is 0 Å². The van der Waals surface area contributed by atoms with Crippen LogP contribution in [0.2, 0.25) is 5.02 Å². The summed E-state index contributed by atoms with van der Waals surface area (Å²) in [6.45, 7) is 1.44. The number of rotatable bonds is 4. The summed E-state index contributed by atoms with van der Waals surface area (Å²) >= 11 is 6.08. The second kappa shape index (κ2) is 6.44. The number of hydrogen-bond donors (Lipinski definition) is 1. The summed E-state index contributed by atoms with van der Waals surface area (Å²) in [5.41, 5.74) is 2.05. The van der Waals surface area contributed by atoms with E-state index in [1.54, 1.807) is 30.3 Å². The number of nitro groups is 1. The van der Waals surface area contributed by atoms with Gasteiger partial charge >= 0.3 is 0 Å². The van der Waals surface area contributed by atoms with Gasteiger partial charge in [0.25, 0.3) is 5.69 Å². The van der Waals surface area contributed by atoms with Gasteiger partial charge in [0.2, 0.25) is 6.79 Å². The quantitative estimate of drug-likeness (QED) is 0.398. The second-order valence-electron chi connectivity index (χ2n) is 6.03. The number of aromatic amines is 1. The van der Waals surface area contributed by atoms with Crippen LogP contribution in [-0.4, -0.2) is 22.5 Å². The zero-order valence-corrected chi connectivity index (χ0v) is 14.9. The molecule has 7 nitrogen and oxygen atoms in total. The molecular weight excluding hydrogens is 372 g/mol. The molecule has 3 aromatic rings. The van der Waals surface area contributed by atoms with Crippen molar-refractivity contribution in [3.8, 4) is 22.8 Å². The van der Waals surface area contributed by atoms with Crippen LogP contribution in [0.15, 0.2) is 36.4 Å². The predicted octanol–water partition coefficient (Wildman–Crippen LogP) is 4.73.